The standard InChI is InChI=1S/C24H28N2O3/c1-29-22-7-3-2-6-21(22)18-8-10-19(11-9-18)23(27)26-16-12-20(13-17-26)24(28)25-14-4-5-15-25/h2-3,6-11,20H,4-5,12-17H2,1H3. The van der Waals surface area contributed by atoms with Crippen LogP contribution in [0, 0.1) is 5.92 Å². The van der Waals surface area contributed by atoms with Crippen LogP contribution in [-0.2, 0) is 4.79 Å². The van der Waals surface area contributed by atoms with Crippen LogP contribution in [0.25, 0.3) is 11.1 Å². The van der Waals surface area contributed by atoms with E-state index < -0.39 is 0 Å². The van der Waals surface area contributed by atoms with E-state index in [-0.39, 0.29) is 17.7 Å². The molecule has 0 bridgehead atoms. The van der Waals surface area contributed by atoms with E-state index in [0.717, 1.165) is 55.6 Å². The molecule has 0 aliphatic carbocycles. The third-order valence-corrected chi connectivity index (χ3v) is 6.10. The highest BCUT2D eigenvalue weighted by Crippen LogP contribution is 2.30. The predicted molar refractivity (Wildman–Crippen MR) is 113 cm³/mol. The van der Waals surface area contributed by atoms with Crippen molar-refractivity contribution < 1.29 is 14.3 Å². The summed E-state index contributed by atoms with van der Waals surface area (Å²) in [5, 5.41) is 0. The molecule has 4 rings (SSSR count). The fraction of sp³-hybridized carbons (Fsp3) is 0.417. The van der Waals surface area contributed by atoms with Gasteiger partial charge in [0.25, 0.3) is 5.91 Å². The summed E-state index contributed by atoms with van der Waals surface area (Å²) in [4.78, 5) is 29.4. The van der Waals surface area contributed by atoms with Crippen LogP contribution in [0.4, 0.5) is 0 Å². The third-order valence-electron chi connectivity index (χ3n) is 6.10. The Morgan fingerprint density at radius 3 is 2.17 bits per heavy atom. The number of rotatable bonds is 4. The maximum Gasteiger partial charge on any atom is 0.253 e. The Morgan fingerprint density at radius 2 is 1.52 bits per heavy atom. The van der Waals surface area contributed by atoms with E-state index in [9.17, 15) is 9.59 Å². The number of ether oxygens (including phenoxy) is 1. The third kappa shape index (κ3) is 4.14. The van der Waals surface area contributed by atoms with Gasteiger partial charge in [-0.25, -0.2) is 0 Å². The normalized spacial score (nSPS) is 17.4. The molecule has 29 heavy (non-hydrogen) atoms. The largest absolute Gasteiger partial charge is 0.496 e. The highest BCUT2D eigenvalue weighted by molar-refractivity contribution is 5.95. The maximum atomic E-state index is 12.9. The lowest BCUT2D eigenvalue weighted by atomic mass is 9.94. The molecule has 5 nitrogen and oxygen atoms in total. The summed E-state index contributed by atoms with van der Waals surface area (Å²) < 4.78 is 5.43. The highest BCUT2D eigenvalue weighted by Gasteiger charge is 2.31. The van der Waals surface area contributed by atoms with Gasteiger partial charge in [0.1, 0.15) is 5.75 Å². The number of carbonyl (C=O) groups is 2. The Morgan fingerprint density at radius 1 is 0.862 bits per heavy atom. The van der Waals surface area contributed by atoms with Crippen LogP contribution in [0.1, 0.15) is 36.0 Å². The molecule has 2 aromatic carbocycles. The number of hydrogen-bond donors (Lipinski definition) is 0. The fourth-order valence-electron chi connectivity index (χ4n) is 4.38. The lowest BCUT2D eigenvalue weighted by Crippen LogP contribution is -2.43. The molecule has 0 radical (unpaired) electrons. The number of hydrogen-bond acceptors (Lipinski definition) is 3. The van der Waals surface area contributed by atoms with Gasteiger partial charge >= 0.3 is 0 Å². The SMILES string of the molecule is COc1ccccc1-c1ccc(C(=O)N2CCC(C(=O)N3CCCC3)CC2)cc1. The number of para-hydroxylation sites is 1. The maximum absolute atomic E-state index is 12.9. The number of carbonyl (C=O) groups excluding carboxylic acids is 2. The van der Waals surface area contributed by atoms with Crippen molar-refractivity contribution in [1.29, 1.82) is 0 Å². The van der Waals surface area contributed by atoms with Gasteiger partial charge in [0.05, 0.1) is 7.11 Å². The van der Waals surface area contributed by atoms with Crippen molar-refractivity contribution in [3.63, 3.8) is 0 Å². The van der Waals surface area contributed by atoms with Gasteiger partial charge in [-0.05, 0) is 49.4 Å². The van der Waals surface area contributed by atoms with Crippen molar-refractivity contribution >= 4 is 11.8 Å². The molecule has 5 heteroatoms. The lowest BCUT2D eigenvalue weighted by Gasteiger charge is -2.33. The zero-order valence-corrected chi connectivity index (χ0v) is 17.0. The molecule has 2 heterocycles. The van der Waals surface area contributed by atoms with Crippen molar-refractivity contribution in [2.45, 2.75) is 25.7 Å². The van der Waals surface area contributed by atoms with Crippen LogP contribution in [0.15, 0.2) is 48.5 Å². The Kier molecular flexibility index (Phi) is 5.84. The minimum atomic E-state index is 0.0450. The second kappa shape index (κ2) is 8.68. The van der Waals surface area contributed by atoms with Crippen LogP contribution in [-0.4, -0.2) is 54.9 Å². The van der Waals surface area contributed by atoms with Gasteiger partial charge in [-0.3, -0.25) is 9.59 Å². The van der Waals surface area contributed by atoms with E-state index in [4.69, 9.17) is 4.74 Å². The van der Waals surface area contributed by atoms with Gasteiger partial charge in [-0.2, -0.15) is 0 Å². The van der Waals surface area contributed by atoms with Gasteiger partial charge in [0, 0.05) is 43.2 Å². The van der Waals surface area contributed by atoms with Gasteiger partial charge in [0.2, 0.25) is 5.91 Å². The molecule has 0 saturated carbocycles. The number of nitrogens with zero attached hydrogens (tertiary/aromatic N) is 2. The molecule has 0 unspecified atom stereocenters. The van der Waals surface area contributed by atoms with Crippen LogP contribution >= 0.6 is 0 Å². The minimum absolute atomic E-state index is 0.0450. The number of benzene rings is 2. The quantitative estimate of drug-likeness (QED) is 0.794. The smallest absolute Gasteiger partial charge is 0.253 e. The molecule has 152 valence electrons. The van der Waals surface area contributed by atoms with Crippen molar-refractivity contribution in [3.8, 4) is 16.9 Å². The summed E-state index contributed by atoms with van der Waals surface area (Å²) in [5.41, 5.74) is 2.72. The van der Waals surface area contributed by atoms with E-state index in [0.29, 0.717) is 18.7 Å². The summed E-state index contributed by atoms with van der Waals surface area (Å²) in [6.45, 7) is 3.10. The van der Waals surface area contributed by atoms with Crippen molar-refractivity contribution in [2.24, 2.45) is 5.92 Å². The summed E-state index contributed by atoms with van der Waals surface area (Å²) in [6.07, 6.45) is 3.77. The minimum Gasteiger partial charge on any atom is -0.496 e. The van der Waals surface area contributed by atoms with E-state index in [1.165, 1.54) is 0 Å². The summed E-state index contributed by atoms with van der Waals surface area (Å²) in [6, 6.07) is 15.6. The summed E-state index contributed by atoms with van der Waals surface area (Å²) >= 11 is 0. The predicted octanol–water partition coefficient (Wildman–Crippen LogP) is 3.84. The molecule has 0 atom stereocenters. The van der Waals surface area contributed by atoms with Crippen molar-refractivity contribution in [1.82, 2.24) is 9.80 Å². The summed E-state index contributed by atoms with van der Waals surface area (Å²) in [5.74, 6) is 1.22. The molecular weight excluding hydrogens is 364 g/mol. The second-order valence-electron chi connectivity index (χ2n) is 7.88. The molecule has 2 amide bonds. The Labute approximate surface area is 172 Å². The molecule has 0 aromatic heterocycles. The zero-order chi connectivity index (χ0) is 20.2. The number of amides is 2. The topological polar surface area (TPSA) is 49.9 Å². The van der Waals surface area contributed by atoms with Gasteiger partial charge < -0.3 is 14.5 Å². The molecule has 0 spiro atoms. The number of piperidine rings is 1. The first-order chi connectivity index (χ1) is 14.2. The fourth-order valence-corrected chi connectivity index (χ4v) is 4.38. The molecule has 2 saturated heterocycles. The molecule has 2 aliphatic heterocycles. The Bertz CT molecular complexity index is 864. The van der Waals surface area contributed by atoms with Crippen LogP contribution in [0.5, 0.6) is 5.75 Å². The van der Waals surface area contributed by atoms with Crippen LogP contribution in [0.3, 0.4) is 0 Å². The van der Waals surface area contributed by atoms with E-state index >= 15 is 0 Å². The number of methoxy groups -OCH3 is 1. The first-order valence-corrected chi connectivity index (χ1v) is 10.5. The zero-order valence-electron chi connectivity index (χ0n) is 17.0. The van der Waals surface area contributed by atoms with E-state index in [2.05, 4.69) is 0 Å². The van der Waals surface area contributed by atoms with Crippen LogP contribution in [0.2, 0.25) is 0 Å². The van der Waals surface area contributed by atoms with Crippen LogP contribution < -0.4 is 4.74 Å². The number of likely N-dealkylation sites (tertiary alicyclic amines) is 2. The lowest BCUT2D eigenvalue weighted by molar-refractivity contribution is -0.135. The molecule has 2 fully saturated rings. The average molecular weight is 392 g/mol. The van der Waals surface area contributed by atoms with Gasteiger partial charge in [-0.1, -0.05) is 30.3 Å². The monoisotopic (exact) mass is 392 g/mol. The molecule has 2 aromatic rings. The van der Waals surface area contributed by atoms with E-state index in [1.807, 2.05) is 58.3 Å². The van der Waals surface area contributed by atoms with Crippen molar-refractivity contribution in [2.75, 3.05) is 33.3 Å². The van der Waals surface area contributed by atoms with Gasteiger partial charge in [-0.15, -0.1) is 0 Å². The van der Waals surface area contributed by atoms with E-state index in [1.54, 1.807) is 7.11 Å². The van der Waals surface area contributed by atoms with Gasteiger partial charge in [0.15, 0.2) is 0 Å². The Balaban J connectivity index is 1.38. The van der Waals surface area contributed by atoms with Crippen molar-refractivity contribution in [3.05, 3.63) is 54.1 Å². The highest BCUT2D eigenvalue weighted by atomic mass is 16.5. The average Bonchev–Trinajstić information content (AvgIpc) is 3.33. The first kappa shape index (κ1) is 19.5. The second-order valence-corrected chi connectivity index (χ2v) is 7.88. The Hall–Kier alpha value is -2.82. The summed E-state index contributed by atoms with van der Waals surface area (Å²) in [7, 11) is 1.66. The molecule has 0 N–H and O–H groups in total. The molecule has 2 aliphatic rings. The first-order valence-electron chi connectivity index (χ1n) is 10.5. The molecular formula is C24H28N2O3.